The lowest BCUT2D eigenvalue weighted by Gasteiger charge is -2.35. The number of carbonyl (C=O) groups is 1. The van der Waals surface area contributed by atoms with Gasteiger partial charge in [-0.2, -0.15) is 0 Å². The zero-order valence-corrected chi connectivity index (χ0v) is 13.8. The standard InChI is InChI=1S/C16H23ClN4O/c1-20(15(22)13-3-2-4-13)11-12-5-7-21(8-6-12)16-18-9-14(17)10-19-16/h9-10,12-13H,2-8,11H2,1H3. The van der Waals surface area contributed by atoms with Gasteiger partial charge in [0, 0.05) is 32.6 Å². The van der Waals surface area contributed by atoms with E-state index >= 15 is 0 Å². The first kappa shape index (κ1) is 15.5. The van der Waals surface area contributed by atoms with Crippen molar-refractivity contribution >= 4 is 23.5 Å². The van der Waals surface area contributed by atoms with Gasteiger partial charge in [0.2, 0.25) is 11.9 Å². The number of hydrogen-bond acceptors (Lipinski definition) is 4. The molecular formula is C16H23ClN4O. The van der Waals surface area contributed by atoms with Crippen LogP contribution in [0.25, 0.3) is 0 Å². The Balaban J connectivity index is 1.47. The normalized spacial score (nSPS) is 19.8. The van der Waals surface area contributed by atoms with Crippen molar-refractivity contribution in [3.63, 3.8) is 0 Å². The molecule has 0 unspecified atom stereocenters. The van der Waals surface area contributed by atoms with E-state index in [1.165, 1.54) is 6.42 Å². The molecule has 2 aliphatic rings. The van der Waals surface area contributed by atoms with Crippen molar-refractivity contribution in [2.45, 2.75) is 32.1 Å². The van der Waals surface area contributed by atoms with Crippen LogP contribution in [0.1, 0.15) is 32.1 Å². The molecule has 0 bridgehead atoms. The highest BCUT2D eigenvalue weighted by atomic mass is 35.5. The zero-order valence-electron chi connectivity index (χ0n) is 13.0. The molecule has 0 N–H and O–H groups in total. The fraction of sp³-hybridized carbons (Fsp3) is 0.688. The summed E-state index contributed by atoms with van der Waals surface area (Å²) < 4.78 is 0. The lowest BCUT2D eigenvalue weighted by molar-refractivity contribution is -0.137. The van der Waals surface area contributed by atoms with Gasteiger partial charge in [-0.15, -0.1) is 0 Å². The number of amides is 1. The number of carbonyl (C=O) groups excluding carboxylic acids is 1. The highest BCUT2D eigenvalue weighted by Gasteiger charge is 2.29. The van der Waals surface area contributed by atoms with Crippen LogP contribution in [0.5, 0.6) is 0 Å². The van der Waals surface area contributed by atoms with Gasteiger partial charge < -0.3 is 9.80 Å². The molecule has 0 atom stereocenters. The number of piperidine rings is 1. The van der Waals surface area contributed by atoms with Crippen molar-refractivity contribution in [1.82, 2.24) is 14.9 Å². The van der Waals surface area contributed by atoms with Crippen molar-refractivity contribution < 1.29 is 4.79 Å². The molecule has 0 radical (unpaired) electrons. The first-order valence-corrected chi connectivity index (χ1v) is 8.49. The summed E-state index contributed by atoms with van der Waals surface area (Å²) in [7, 11) is 1.95. The number of aromatic nitrogens is 2. The SMILES string of the molecule is CN(CC1CCN(c2ncc(Cl)cn2)CC1)C(=O)C1CCC1. The summed E-state index contributed by atoms with van der Waals surface area (Å²) >= 11 is 5.82. The van der Waals surface area contributed by atoms with Gasteiger partial charge in [-0.05, 0) is 31.6 Å². The van der Waals surface area contributed by atoms with Crippen LogP contribution in [-0.4, -0.2) is 47.5 Å². The van der Waals surface area contributed by atoms with Gasteiger partial charge in [0.1, 0.15) is 0 Å². The van der Waals surface area contributed by atoms with Gasteiger partial charge in [0.15, 0.2) is 0 Å². The third-order valence-corrected chi connectivity index (χ3v) is 5.06. The van der Waals surface area contributed by atoms with Crippen molar-refractivity contribution in [2.75, 3.05) is 31.6 Å². The Labute approximate surface area is 136 Å². The van der Waals surface area contributed by atoms with E-state index in [0.29, 0.717) is 22.8 Å². The van der Waals surface area contributed by atoms with E-state index in [4.69, 9.17) is 11.6 Å². The topological polar surface area (TPSA) is 49.3 Å². The molecule has 1 saturated carbocycles. The molecule has 6 heteroatoms. The molecule has 1 aromatic heterocycles. The fourth-order valence-electron chi connectivity index (χ4n) is 3.23. The van der Waals surface area contributed by atoms with Gasteiger partial charge in [-0.25, -0.2) is 9.97 Å². The molecule has 1 aliphatic heterocycles. The number of halogens is 1. The summed E-state index contributed by atoms with van der Waals surface area (Å²) in [6.45, 7) is 2.76. The minimum atomic E-state index is 0.299. The molecule has 0 spiro atoms. The number of rotatable bonds is 4. The molecule has 22 heavy (non-hydrogen) atoms. The Kier molecular flexibility index (Phi) is 4.81. The van der Waals surface area contributed by atoms with Crippen LogP contribution in [0, 0.1) is 11.8 Å². The van der Waals surface area contributed by atoms with E-state index < -0.39 is 0 Å². The molecule has 2 fully saturated rings. The minimum absolute atomic E-state index is 0.299. The van der Waals surface area contributed by atoms with E-state index in [9.17, 15) is 4.79 Å². The Morgan fingerprint density at radius 2 is 1.91 bits per heavy atom. The molecule has 120 valence electrons. The van der Waals surface area contributed by atoms with Crippen molar-refractivity contribution in [3.05, 3.63) is 17.4 Å². The molecule has 1 aliphatic carbocycles. The lowest BCUT2D eigenvalue weighted by Crippen LogP contribution is -2.42. The lowest BCUT2D eigenvalue weighted by atomic mass is 9.84. The summed E-state index contributed by atoms with van der Waals surface area (Å²) in [4.78, 5) is 24.9. The van der Waals surface area contributed by atoms with Crippen LogP contribution in [0.4, 0.5) is 5.95 Å². The van der Waals surface area contributed by atoms with Gasteiger partial charge in [0.05, 0.1) is 17.4 Å². The summed E-state index contributed by atoms with van der Waals surface area (Å²) in [5.74, 6) is 1.97. The van der Waals surface area contributed by atoms with Crippen LogP contribution in [0.3, 0.4) is 0 Å². The van der Waals surface area contributed by atoms with Gasteiger partial charge in [0.25, 0.3) is 0 Å². The molecule has 1 amide bonds. The highest BCUT2D eigenvalue weighted by Crippen LogP contribution is 2.29. The second-order valence-electron chi connectivity index (χ2n) is 6.48. The largest absolute Gasteiger partial charge is 0.345 e. The molecule has 3 rings (SSSR count). The van der Waals surface area contributed by atoms with Crippen LogP contribution in [0.2, 0.25) is 5.02 Å². The smallest absolute Gasteiger partial charge is 0.225 e. The van der Waals surface area contributed by atoms with E-state index in [1.54, 1.807) is 12.4 Å². The van der Waals surface area contributed by atoms with Gasteiger partial charge in [-0.3, -0.25) is 4.79 Å². The van der Waals surface area contributed by atoms with Crippen molar-refractivity contribution in [2.24, 2.45) is 11.8 Å². The Bertz CT molecular complexity index is 509. The quantitative estimate of drug-likeness (QED) is 0.855. The molecular weight excluding hydrogens is 300 g/mol. The first-order chi connectivity index (χ1) is 10.6. The molecule has 1 saturated heterocycles. The highest BCUT2D eigenvalue weighted by molar-refractivity contribution is 6.30. The molecule has 0 aromatic carbocycles. The van der Waals surface area contributed by atoms with E-state index in [1.807, 2.05) is 11.9 Å². The molecule has 5 nitrogen and oxygen atoms in total. The third-order valence-electron chi connectivity index (χ3n) is 4.87. The average molecular weight is 323 g/mol. The maximum atomic E-state index is 12.2. The second kappa shape index (κ2) is 6.82. The van der Waals surface area contributed by atoms with Gasteiger partial charge >= 0.3 is 0 Å². The summed E-state index contributed by atoms with van der Waals surface area (Å²) in [5, 5.41) is 0.565. The average Bonchev–Trinajstić information content (AvgIpc) is 2.47. The Morgan fingerprint density at radius 3 is 2.45 bits per heavy atom. The number of nitrogens with zero attached hydrogens (tertiary/aromatic N) is 4. The third kappa shape index (κ3) is 3.51. The minimum Gasteiger partial charge on any atom is -0.345 e. The van der Waals surface area contributed by atoms with E-state index in [0.717, 1.165) is 51.3 Å². The van der Waals surface area contributed by atoms with Crippen LogP contribution in [0.15, 0.2) is 12.4 Å². The van der Waals surface area contributed by atoms with Crippen molar-refractivity contribution in [3.8, 4) is 0 Å². The van der Waals surface area contributed by atoms with E-state index in [-0.39, 0.29) is 0 Å². The van der Waals surface area contributed by atoms with E-state index in [2.05, 4.69) is 14.9 Å². The number of hydrogen-bond donors (Lipinski definition) is 0. The van der Waals surface area contributed by atoms with Crippen molar-refractivity contribution in [1.29, 1.82) is 0 Å². The van der Waals surface area contributed by atoms with Crippen LogP contribution in [-0.2, 0) is 4.79 Å². The monoisotopic (exact) mass is 322 g/mol. The zero-order chi connectivity index (χ0) is 15.5. The summed E-state index contributed by atoms with van der Waals surface area (Å²) in [6.07, 6.45) is 8.80. The maximum Gasteiger partial charge on any atom is 0.225 e. The van der Waals surface area contributed by atoms with Crippen LogP contribution >= 0.6 is 11.6 Å². The molecule has 2 heterocycles. The Morgan fingerprint density at radius 1 is 1.27 bits per heavy atom. The van der Waals surface area contributed by atoms with Gasteiger partial charge in [-0.1, -0.05) is 18.0 Å². The summed E-state index contributed by atoms with van der Waals surface area (Å²) in [5.41, 5.74) is 0. The predicted molar refractivity (Wildman–Crippen MR) is 87.0 cm³/mol. The maximum absolute atomic E-state index is 12.2. The fourth-order valence-corrected chi connectivity index (χ4v) is 3.33. The number of anilines is 1. The Hall–Kier alpha value is -1.36. The summed E-state index contributed by atoms with van der Waals surface area (Å²) in [6, 6.07) is 0. The first-order valence-electron chi connectivity index (χ1n) is 8.11. The second-order valence-corrected chi connectivity index (χ2v) is 6.91. The molecule has 1 aromatic rings. The van der Waals surface area contributed by atoms with Crippen LogP contribution < -0.4 is 4.90 Å². The predicted octanol–water partition coefficient (Wildman–Crippen LogP) is 2.60.